The van der Waals surface area contributed by atoms with Crippen LogP contribution < -0.4 is 0 Å². The van der Waals surface area contributed by atoms with Gasteiger partial charge >= 0.3 is 11.9 Å². The Morgan fingerprint density at radius 3 is 2.10 bits per heavy atom. The minimum Gasteiger partial charge on any atom is -0.480 e. The van der Waals surface area contributed by atoms with Crippen LogP contribution in [0.5, 0.6) is 0 Å². The Morgan fingerprint density at radius 2 is 1.71 bits per heavy atom. The molecule has 21 heavy (non-hydrogen) atoms. The minimum atomic E-state index is -1.86. The van der Waals surface area contributed by atoms with Crippen LogP contribution in [0.15, 0.2) is 18.2 Å². The Bertz CT molecular complexity index is 518. The molecular weight excluding hydrogens is 268 g/mol. The lowest BCUT2D eigenvalue weighted by molar-refractivity contribution is -0.157. The van der Waals surface area contributed by atoms with E-state index in [0.717, 1.165) is 17.5 Å². The number of hydrogen-bond donors (Lipinski definition) is 2. The van der Waals surface area contributed by atoms with Gasteiger partial charge in [0.05, 0.1) is 0 Å². The molecule has 2 N–H and O–H groups in total. The summed E-state index contributed by atoms with van der Waals surface area (Å²) in [6.45, 7) is 7.75. The largest absolute Gasteiger partial charge is 0.480 e. The second-order valence-electron chi connectivity index (χ2n) is 5.81. The van der Waals surface area contributed by atoms with Gasteiger partial charge in [0.2, 0.25) is 0 Å². The van der Waals surface area contributed by atoms with Gasteiger partial charge in [-0.2, -0.15) is 0 Å². The molecular formula is C17H24O4. The molecule has 0 saturated carbocycles. The Labute approximate surface area is 125 Å². The number of benzene rings is 1. The average Bonchev–Trinajstić information content (AvgIpc) is 2.39. The van der Waals surface area contributed by atoms with Crippen LogP contribution in [-0.4, -0.2) is 22.2 Å². The predicted octanol–water partition coefficient (Wildman–Crippen LogP) is 3.26. The van der Waals surface area contributed by atoms with E-state index in [1.807, 2.05) is 19.1 Å². The molecule has 116 valence electrons. The second kappa shape index (κ2) is 6.74. The van der Waals surface area contributed by atoms with Gasteiger partial charge in [0.1, 0.15) is 0 Å². The van der Waals surface area contributed by atoms with Crippen LogP contribution in [0.4, 0.5) is 0 Å². The minimum absolute atomic E-state index is 0.0220. The van der Waals surface area contributed by atoms with E-state index in [1.54, 1.807) is 13.0 Å². The number of carboxylic acids is 2. The molecule has 0 aliphatic carbocycles. The normalized spacial score (nSPS) is 11.7. The van der Waals surface area contributed by atoms with Crippen molar-refractivity contribution < 1.29 is 19.8 Å². The zero-order chi connectivity index (χ0) is 16.2. The highest BCUT2D eigenvalue weighted by Gasteiger charge is 2.47. The highest BCUT2D eigenvalue weighted by molar-refractivity contribution is 6.05. The number of aliphatic carboxylic acids is 2. The average molecular weight is 292 g/mol. The van der Waals surface area contributed by atoms with Crippen molar-refractivity contribution in [2.75, 3.05) is 0 Å². The van der Waals surface area contributed by atoms with Crippen LogP contribution in [-0.2, 0) is 27.8 Å². The number of aryl methyl sites for hydroxylation is 1. The van der Waals surface area contributed by atoms with Crippen LogP contribution in [0, 0.1) is 5.92 Å². The Balaban J connectivity index is 3.46. The molecule has 0 aliphatic heterocycles. The lowest BCUT2D eigenvalue weighted by Gasteiger charge is -2.26. The summed E-state index contributed by atoms with van der Waals surface area (Å²) in [7, 11) is 0. The fourth-order valence-electron chi connectivity index (χ4n) is 2.77. The third-order valence-electron chi connectivity index (χ3n) is 3.91. The molecule has 0 amide bonds. The number of carbonyl (C=O) groups is 2. The van der Waals surface area contributed by atoms with E-state index in [1.165, 1.54) is 0 Å². The van der Waals surface area contributed by atoms with Crippen LogP contribution in [0.2, 0.25) is 0 Å². The summed E-state index contributed by atoms with van der Waals surface area (Å²) in [4.78, 5) is 23.3. The summed E-state index contributed by atoms with van der Waals surface area (Å²) < 4.78 is 0. The Hall–Kier alpha value is -1.84. The maximum Gasteiger partial charge on any atom is 0.325 e. The number of carboxylic acid groups (broad SMARTS) is 2. The molecule has 0 radical (unpaired) electrons. The summed E-state index contributed by atoms with van der Waals surface area (Å²) in [6.07, 6.45) is 1.53. The molecule has 0 saturated heterocycles. The van der Waals surface area contributed by atoms with Crippen LogP contribution in [0.1, 0.15) is 50.8 Å². The quantitative estimate of drug-likeness (QED) is 0.756. The van der Waals surface area contributed by atoms with Gasteiger partial charge < -0.3 is 10.2 Å². The van der Waals surface area contributed by atoms with Crippen molar-refractivity contribution in [3.05, 3.63) is 34.9 Å². The van der Waals surface area contributed by atoms with Crippen molar-refractivity contribution in [2.24, 2.45) is 5.92 Å². The van der Waals surface area contributed by atoms with Gasteiger partial charge in [-0.1, -0.05) is 45.9 Å². The molecule has 0 aromatic heterocycles. The lowest BCUT2D eigenvalue weighted by Crippen LogP contribution is -2.44. The molecule has 1 aromatic rings. The summed E-state index contributed by atoms with van der Waals surface area (Å²) >= 11 is 0. The molecule has 0 aliphatic rings. The van der Waals surface area contributed by atoms with Crippen LogP contribution in [0.3, 0.4) is 0 Å². The van der Waals surface area contributed by atoms with Gasteiger partial charge in [0, 0.05) is 0 Å². The highest BCUT2D eigenvalue weighted by Crippen LogP contribution is 2.33. The van der Waals surface area contributed by atoms with Crippen molar-refractivity contribution in [1.82, 2.24) is 0 Å². The van der Waals surface area contributed by atoms with Gasteiger partial charge in [0.25, 0.3) is 0 Å². The first-order valence-corrected chi connectivity index (χ1v) is 7.38. The van der Waals surface area contributed by atoms with Crippen LogP contribution in [0.25, 0.3) is 0 Å². The molecule has 0 atom stereocenters. The van der Waals surface area contributed by atoms with Gasteiger partial charge in [-0.05, 0) is 41.9 Å². The van der Waals surface area contributed by atoms with Crippen molar-refractivity contribution in [3.63, 3.8) is 0 Å². The fraction of sp³-hybridized carbons (Fsp3) is 0.529. The third-order valence-corrected chi connectivity index (χ3v) is 3.91. The van der Waals surface area contributed by atoms with Crippen molar-refractivity contribution in [2.45, 2.75) is 52.4 Å². The van der Waals surface area contributed by atoms with Gasteiger partial charge in [0.15, 0.2) is 5.41 Å². The SMILES string of the molecule is CCc1cc(CC(C)C)ccc1C(CC)(C(=O)O)C(=O)O. The topological polar surface area (TPSA) is 74.6 Å². The molecule has 0 unspecified atom stereocenters. The Kier molecular flexibility index (Phi) is 5.53. The summed E-state index contributed by atoms with van der Waals surface area (Å²) in [5.41, 5.74) is 0.466. The second-order valence-corrected chi connectivity index (χ2v) is 5.81. The first kappa shape index (κ1) is 17.2. The van der Waals surface area contributed by atoms with E-state index in [0.29, 0.717) is 17.9 Å². The molecule has 0 heterocycles. The zero-order valence-electron chi connectivity index (χ0n) is 13.1. The van der Waals surface area contributed by atoms with Gasteiger partial charge in [-0.3, -0.25) is 9.59 Å². The summed E-state index contributed by atoms with van der Waals surface area (Å²) in [5, 5.41) is 19.0. The van der Waals surface area contributed by atoms with E-state index in [-0.39, 0.29) is 6.42 Å². The van der Waals surface area contributed by atoms with Crippen LogP contribution >= 0.6 is 0 Å². The maximum atomic E-state index is 11.6. The van der Waals surface area contributed by atoms with E-state index in [9.17, 15) is 19.8 Å². The molecule has 4 heteroatoms. The molecule has 4 nitrogen and oxygen atoms in total. The molecule has 1 aromatic carbocycles. The van der Waals surface area contributed by atoms with E-state index < -0.39 is 17.4 Å². The Morgan fingerprint density at radius 1 is 1.14 bits per heavy atom. The van der Waals surface area contributed by atoms with Gasteiger partial charge in [-0.15, -0.1) is 0 Å². The highest BCUT2D eigenvalue weighted by atomic mass is 16.4. The first-order chi connectivity index (χ1) is 9.79. The van der Waals surface area contributed by atoms with E-state index in [2.05, 4.69) is 13.8 Å². The fourth-order valence-corrected chi connectivity index (χ4v) is 2.77. The summed E-state index contributed by atoms with van der Waals surface area (Å²) in [6, 6.07) is 5.48. The molecule has 0 spiro atoms. The number of hydrogen-bond acceptors (Lipinski definition) is 2. The standard InChI is InChI=1S/C17H24O4/c1-5-13-10-12(9-11(3)4)7-8-14(13)17(6-2,15(18)19)16(20)21/h7-8,10-11H,5-6,9H2,1-4H3,(H,18,19)(H,20,21). The van der Waals surface area contributed by atoms with Crippen molar-refractivity contribution in [3.8, 4) is 0 Å². The monoisotopic (exact) mass is 292 g/mol. The smallest absolute Gasteiger partial charge is 0.325 e. The molecule has 0 bridgehead atoms. The maximum absolute atomic E-state index is 11.6. The van der Waals surface area contributed by atoms with Gasteiger partial charge in [-0.25, -0.2) is 0 Å². The summed E-state index contributed by atoms with van der Waals surface area (Å²) in [5.74, 6) is -2.11. The first-order valence-electron chi connectivity index (χ1n) is 7.38. The lowest BCUT2D eigenvalue weighted by atomic mass is 9.75. The predicted molar refractivity (Wildman–Crippen MR) is 81.6 cm³/mol. The van der Waals surface area contributed by atoms with E-state index >= 15 is 0 Å². The van der Waals surface area contributed by atoms with Crippen molar-refractivity contribution >= 4 is 11.9 Å². The number of rotatable bonds is 7. The molecule has 0 fully saturated rings. The zero-order valence-corrected chi connectivity index (χ0v) is 13.1. The van der Waals surface area contributed by atoms with Crippen molar-refractivity contribution in [1.29, 1.82) is 0 Å². The third kappa shape index (κ3) is 3.26. The molecule has 1 rings (SSSR count). The van der Waals surface area contributed by atoms with E-state index in [4.69, 9.17) is 0 Å².